The number of ether oxygens (including phenoxy) is 1. The molecule has 2 atom stereocenters. The summed E-state index contributed by atoms with van der Waals surface area (Å²) in [5.41, 5.74) is 0. The third-order valence-electron chi connectivity index (χ3n) is 3.16. The molecule has 0 aliphatic heterocycles. The first-order valence-electron chi connectivity index (χ1n) is 6.84. The van der Waals surface area contributed by atoms with E-state index < -0.39 is 0 Å². The SMILES string of the molecule is CCCCCCCCC(O)C(OC)C(C)C. The van der Waals surface area contributed by atoms with Crippen molar-refractivity contribution in [2.24, 2.45) is 5.92 Å². The molecule has 16 heavy (non-hydrogen) atoms. The van der Waals surface area contributed by atoms with Crippen molar-refractivity contribution in [3.8, 4) is 0 Å². The Kier molecular flexibility index (Phi) is 10.0. The van der Waals surface area contributed by atoms with Crippen LogP contribution < -0.4 is 0 Å². The lowest BCUT2D eigenvalue weighted by Crippen LogP contribution is -2.32. The number of aliphatic hydroxyl groups is 1. The Morgan fingerprint density at radius 1 is 1.00 bits per heavy atom. The third kappa shape index (κ3) is 7.24. The Labute approximate surface area is 101 Å². The Morgan fingerprint density at radius 2 is 1.56 bits per heavy atom. The van der Waals surface area contributed by atoms with Gasteiger partial charge in [-0.1, -0.05) is 59.3 Å². The van der Waals surface area contributed by atoms with Gasteiger partial charge < -0.3 is 9.84 Å². The fraction of sp³-hybridized carbons (Fsp3) is 1.00. The van der Waals surface area contributed by atoms with E-state index in [-0.39, 0.29) is 12.2 Å². The van der Waals surface area contributed by atoms with Gasteiger partial charge in [0.25, 0.3) is 0 Å². The quantitative estimate of drug-likeness (QED) is 0.579. The Morgan fingerprint density at radius 3 is 2.06 bits per heavy atom. The molecule has 0 aromatic heterocycles. The predicted octanol–water partition coefficient (Wildman–Crippen LogP) is 3.77. The van der Waals surface area contributed by atoms with Crippen LogP contribution in [0, 0.1) is 5.92 Å². The van der Waals surface area contributed by atoms with Crippen molar-refractivity contribution in [3.63, 3.8) is 0 Å². The van der Waals surface area contributed by atoms with Gasteiger partial charge in [-0.25, -0.2) is 0 Å². The average molecular weight is 230 g/mol. The van der Waals surface area contributed by atoms with E-state index in [1.807, 2.05) is 0 Å². The summed E-state index contributed by atoms with van der Waals surface area (Å²) in [6.45, 7) is 6.42. The standard InChI is InChI=1S/C14H30O2/c1-5-6-7-8-9-10-11-13(15)14(16-4)12(2)3/h12-15H,5-11H2,1-4H3. The largest absolute Gasteiger partial charge is 0.390 e. The van der Waals surface area contributed by atoms with E-state index in [1.54, 1.807) is 7.11 Å². The van der Waals surface area contributed by atoms with E-state index in [9.17, 15) is 5.11 Å². The summed E-state index contributed by atoms with van der Waals surface area (Å²) in [6, 6.07) is 0. The van der Waals surface area contributed by atoms with Crippen LogP contribution in [0.15, 0.2) is 0 Å². The minimum atomic E-state index is -0.295. The summed E-state index contributed by atoms with van der Waals surface area (Å²) in [6.07, 6.45) is 8.22. The summed E-state index contributed by atoms with van der Waals surface area (Å²) in [4.78, 5) is 0. The minimum Gasteiger partial charge on any atom is -0.390 e. The molecule has 2 nitrogen and oxygen atoms in total. The lowest BCUT2D eigenvalue weighted by Gasteiger charge is -2.24. The van der Waals surface area contributed by atoms with Gasteiger partial charge >= 0.3 is 0 Å². The second-order valence-electron chi connectivity index (χ2n) is 5.07. The molecule has 0 aliphatic carbocycles. The second-order valence-corrected chi connectivity index (χ2v) is 5.07. The highest BCUT2D eigenvalue weighted by atomic mass is 16.5. The van der Waals surface area contributed by atoms with E-state index in [4.69, 9.17) is 4.74 Å². The summed E-state index contributed by atoms with van der Waals surface area (Å²) in [5, 5.41) is 9.96. The first-order valence-corrected chi connectivity index (χ1v) is 6.84. The Bertz CT molecular complexity index is 146. The van der Waals surface area contributed by atoms with E-state index in [0.717, 1.165) is 12.8 Å². The maximum atomic E-state index is 9.96. The van der Waals surface area contributed by atoms with Crippen LogP contribution in [0.2, 0.25) is 0 Å². The first-order chi connectivity index (χ1) is 7.63. The van der Waals surface area contributed by atoms with Crippen molar-refractivity contribution in [1.29, 1.82) is 0 Å². The third-order valence-corrected chi connectivity index (χ3v) is 3.16. The summed E-state index contributed by atoms with van der Waals surface area (Å²) >= 11 is 0. The molecular weight excluding hydrogens is 200 g/mol. The fourth-order valence-corrected chi connectivity index (χ4v) is 2.17. The molecule has 0 bridgehead atoms. The highest BCUT2D eigenvalue weighted by Crippen LogP contribution is 2.16. The number of rotatable bonds is 10. The van der Waals surface area contributed by atoms with Crippen LogP contribution in [-0.4, -0.2) is 24.4 Å². The molecule has 2 heteroatoms. The fourth-order valence-electron chi connectivity index (χ4n) is 2.17. The second kappa shape index (κ2) is 10.1. The van der Waals surface area contributed by atoms with E-state index in [2.05, 4.69) is 20.8 Å². The zero-order valence-corrected chi connectivity index (χ0v) is 11.5. The van der Waals surface area contributed by atoms with E-state index in [0.29, 0.717) is 5.92 Å². The lowest BCUT2D eigenvalue weighted by molar-refractivity contribution is -0.0415. The maximum Gasteiger partial charge on any atom is 0.0852 e. The monoisotopic (exact) mass is 230 g/mol. The van der Waals surface area contributed by atoms with Crippen LogP contribution in [0.3, 0.4) is 0 Å². The molecule has 0 amide bonds. The van der Waals surface area contributed by atoms with Crippen molar-refractivity contribution in [2.75, 3.05) is 7.11 Å². The van der Waals surface area contributed by atoms with Crippen molar-refractivity contribution in [3.05, 3.63) is 0 Å². The van der Waals surface area contributed by atoms with Gasteiger partial charge in [-0.2, -0.15) is 0 Å². The molecule has 98 valence electrons. The summed E-state index contributed by atoms with van der Waals surface area (Å²) < 4.78 is 5.32. The van der Waals surface area contributed by atoms with E-state index in [1.165, 1.54) is 32.1 Å². The number of hydrogen-bond donors (Lipinski definition) is 1. The zero-order chi connectivity index (χ0) is 12.4. The van der Waals surface area contributed by atoms with Crippen molar-refractivity contribution >= 4 is 0 Å². The van der Waals surface area contributed by atoms with Crippen LogP contribution in [0.1, 0.15) is 65.7 Å². The first kappa shape index (κ1) is 15.9. The van der Waals surface area contributed by atoms with Crippen LogP contribution in [0.4, 0.5) is 0 Å². The van der Waals surface area contributed by atoms with Gasteiger partial charge in [0.15, 0.2) is 0 Å². The van der Waals surface area contributed by atoms with E-state index >= 15 is 0 Å². The number of unbranched alkanes of at least 4 members (excludes halogenated alkanes) is 5. The van der Waals surface area contributed by atoms with Crippen LogP contribution in [0.5, 0.6) is 0 Å². The van der Waals surface area contributed by atoms with Crippen molar-refractivity contribution < 1.29 is 9.84 Å². The van der Waals surface area contributed by atoms with Gasteiger partial charge in [0.1, 0.15) is 0 Å². The molecular formula is C14H30O2. The number of aliphatic hydroxyl groups excluding tert-OH is 1. The minimum absolute atomic E-state index is 0.00404. The predicted molar refractivity (Wildman–Crippen MR) is 69.6 cm³/mol. The smallest absolute Gasteiger partial charge is 0.0852 e. The summed E-state index contributed by atoms with van der Waals surface area (Å²) in [5.74, 6) is 0.389. The molecule has 1 N–H and O–H groups in total. The van der Waals surface area contributed by atoms with Gasteiger partial charge in [0.2, 0.25) is 0 Å². The molecule has 0 rings (SSSR count). The normalized spacial score (nSPS) is 15.4. The topological polar surface area (TPSA) is 29.5 Å². The number of methoxy groups -OCH3 is 1. The van der Waals surface area contributed by atoms with Crippen LogP contribution in [0.25, 0.3) is 0 Å². The zero-order valence-electron chi connectivity index (χ0n) is 11.5. The molecule has 0 spiro atoms. The molecule has 0 aromatic rings. The maximum absolute atomic E-state index is 9.96. The van der Waals surface area contributed by atoms with Crippen LogP contribution >= 0.6 is 0 Å². The van der Waals surface area contributed by atoms with Crippen molar-refractivity contribution in [1.82, 2.24) is 0 Å². The van der Waals surface area contributed by atoms with Gasteiger partial charge in [-0.3, -0.25) is 0 Å². The van der Waals surface area contributed by atoms with Gasteiger partial charge in [-0.05, 0) is 12.3 Å². The molecule has 0 aliphatic rings. The molecule has 0 heterocycles. The van der Waals surface area contributed by atoms with Crippen LogP contribution in [-0.2, 0) is 4.74 Å². The highest BCUT2D eigenvalue weighted by molar-refractivity contribution is 4.71. The molecule has 2 unspecified atom stereocenters. The summed E-state index contributed by atoms with van der Waals surface area (Å²) in [7, 11) is 1.69. The Hall–Kier alpha value is -0.0800. The highest BCUT2D eigenvalue weighted by Gasteiger charge is 2.21. The molecule has 0 aromatic carbocycles. The van der Waals surface area contributed by atoms with Gasteiger partial charge in [0, 0.05) is 7.11 Å². The lowest BCUT2D eigenvalue weighted by atomic mass is 9.97. The molecule has 0 radical (unpaired) electrons. The van der Waals surface area contributed by atoms with Gasteiger partial charge in [-0.15, -0.1) is 0 Å². The molecule has 0 saturated heterocycles. The Balaban J connectivity index is 3.52. The van der Waals surface area contributed by atoms with Gasteiger partial charge in [0.05, 0.1) is 12.2 Å². The average Bonchev–Trinajstić information content (AvgIpc) is 2.23. The number of hydrogen-bond acceptors (Lipinski definition) is 2. The van der Waals surface area contributed by atoms with Crippen molar-refractivity contribution in [2.45, 2.75) is 77.9 Å². The molecule has 0 fully saturated rings. The molecule has 0 saturated carbocycles.